The van der Waals surface area contributed by atoms with Gasteiger partial charge < -0.3 is 10.5 Å². The molecule has 1 heterocycles. The number of hydrogen-bond acceptors (Lipinski definition) is 6. The number of benzene rings is 1. The molecule has 0 aliphatic rings. The van der Waals surface area contributed by atoms with E-state index in [4.69, 9.17) is 10.5 Å². The molecule has 0 fully saturated rings. The fourth-order valence-corrected chi connectivity index (χ4v) is 1.53. The van der Waals surface area contributed by atoms with Gasteiger partial charge in [0, 0.05) is 12.1 Å². The second-order valence-corrected chi connectivity index (χ2v) is 4.14. The highest BCUT2D eigenvalue weighted by atomic mass is 79.9. The van der Waals surface area contributed by atoms with Crippen molar-refractivity contribution < 1.29 is 14.1 Å². The van der Waals surface area contributed by atoms with Gasteiger partial charge in [-0.05, 0) is 22.0 Å². The molecule has 0 saturated carbocycles. The minimum atomic E-state index is -0.999. The van der Waals surface area contributed by atoms with Gasteiger partial charge in [0.25, 0.3) is 0 Å². The third-order valence-corrected chi connectivity index (χ3v) is 2.86. The average molecular weight is 329 g/mol. The van der Waals surface area contributed by atoms with Crippen LogP contribution in [0.3, 0.4) is 0 Å². The lowest BCUT2D eigenvalue weighted by Crippen LogP contribution is -1.97. The Labute approximate surface area is 114 Å². The molecular weight excluding hydrogens is 323 g/mol. The summed E-state index contributed by atoms with van der Waals surface area (Å²) in [6, 6.07) is 3.15. The second-order valence-electron chi connectivity index (χ2n) is 3.35. The van der Waals surface area contributed by atoms with E-state index in [0.717, 1.165) is 12.1 Å². The van der Waals surface area contributed by atoms with Gasteiger partial charge in [0.1, 0.15) is 22.4 Å². The highest BCUT2D eigenvalue weighted by Crippen LogP contribution is 2.31. The summed E-state index contributed by atoms with van der Waals surface area (Å²) in [6.45, 7) is 0. The fourth-order valence-electron chi connectivity index (χ4n) is 1.25. The molecule has 1 aromatic carbocycles. The van der Waals surface area contributed by atoms with Crippen LogP contribution in [0.15, 0.2) is 29.0 Å². The Kier molecular flexibility index (Phi) is 3.56. The first kappa shape index (κ1) is 13.1. The van der Waals surface area contributed by atoms with Crippen LogP contribution in [0.1, 0.15) is 0 Å². The van der Waals surface area contributed by atoms with Crippen LogP contribution in [0.2, 0.25) is 0 Å². The molecule has 0 aliphatic heterocycles. The molecule has 2 N–H and O–H groups in total. The number of halogens is 2. The third-order valence-electron chi connectivity index (χ3n) is 2.11. The summed E-state index contributed by atoms with van der Waals surface area (Å²) in [6.07, 6.45) is 1.18. The molecule has 1 aromatic heterocycles. The SMILES string of the molecule is Nc1ncnc(Oc2ccc([N+](=O)[O-])c(F)c2)c1Br. The van der Waals surface area contributed by atoms with Crippen molar-refractivity contribution >= 4 is 27.4 Å². The van der Waals surface area contributed by atoms with Crippen molar-refractivity contribution in [2.24, 2.45) is 0 Å². The predicted octanol–water partition coefficient (Wildman–Crippen LogP) is 2.66. The van der Waals surface area contributed by atoms with Crippen molar-refractivity contribution in [3.63, 3.8) is 0 Å². The maximum absolute atomic E-state index is 13.4. The van der Waals surface area contributed by atoms with Gasteiger partial charge in [0.15, 0.2) is 0 Å². The second kappa shape index (κ2) is 5.14. The first-order valence-electron chi connectivity index (χ1n) is 4.87. The van der Waals surface area contributed by atoms with Crippen molar-refractivity contribution in [3.8, 4) is 11.6 Å². The fraction of sp³-hybridized carbons (Fsp3) is 0. The molecule has 2 aromatic rings. The van der Waals surface area contributed by atoms with E-state index in [9.17, 15) is 14.5 Å². The Hall–Kier alpha value is -2.29. The summed E-state index contributed by atoms with van der Waals surface area (Å²) in [5.41, 5.74) is 4.90. The van der Waals surface area contributed by atoms with Crippen LogP contribution < -0.4 is 10.5 Å². The van der Waals surface area contributed by atoms with Crippen molar-refractivity contribution in [2.45, 2.75) is 0 Å². The number of anilines is 1. The molecule has 0 bridgehead atoms. The molecule has 9 heteroatoms. The van der Waals surface area contributed by atoms with Crippen molar-refractivity contribution in [2.75, 3.05) is 5.73 Å². The Morgan fingerprint density at radius 2 is 2.16 bits per heavy atom. The van der Waals surface area contributed by atoms with Gasteiger partial charge in [-0.3, -0.25) is 10.1 Å². The lowest BCUT2D eigenvalue weighted by molar-refractivity contribution is -0.387. The van der Waals surface area contributed by atoms with Gasteiger partial charge in [0.05, 0.1) is 4.92 Å². The zero-order chi connectivity index (χ0) is 14.0. The first-order valence-corrected chi connectivity index (χ1v) is 5.66. The molecular formula is C10H6BrFN4O3. The van der Waals surface area contributed by atoms with Crippen molar-refractivity contribution in [3.05, 3.63) is 44.9 Å². The number of ether oxygens (including phenoxy) is 1. The number of nitrogens with two attached hydrogens (primary N) is 1. The summed E-state index contributed by atoms with van der Waals surface area (Å²) in [5.74, 6) is -0.698. The molecule has 7 nitrogen and oxygen atoms in total. The molecule has 0 radical (unpaired) electrons. The summed E-state index contributed by atoms with van der Waals surface area (Å²) < 4.78 is 19.0. The largest absolute Gasteiger partial charge is 0.438 e. The molecule has 19 heavy (non-hydrogen) atoms. The average Bonchev–Trinajstić information content (AvgIpc) is 2.34. The molecule has 0 atom stereocenters. The first-order chi connectivity index (χ1) is 8.99. The third kappa shape index (κ3) is 2.76. The van der Waals surface area contributed by atoms with Gasteiger partial charge in [-0.15, -0.1) is 0 Å². The molecule has 98 valence electrons. The van der Waals surface area contributed by atoms with E-state index in [-0.39, 0.29) is 17.4 Å². The van der Waals surface area contributed by atoms with E-state index in [1.807, 2.05) is 0 Å². The quantitative estimate of drug-likeness (QED) is 0.686. The van der Waals surface area contributed by atoms with E-state index >= 15 is 0 Å². The van der Waals surface area contributed by atoms with Crippen LogP contribution in [0, 0.1) is 15.9 Å². The van der Waals surface area contributed by atoms with Crippen LogP contribution in [0.4, 0.5) is 15.9 Å². The maximum Gasteiger partial charge on any atom is 0.305 e. The molecule has 0 aliphatic carbocycles. The summed E-state index contributed by atoms with van der Waals surface area (Å²) in [7, 11) is 0. The number of rotatable bonds is 3. The lowest BCUT2D eigenvalue weighted by atomic mass is 10.3. The van der Waals surface area contributed by atoms with Crippen LogP contribution in [0.25, 0.3) is 0 Å². The van der Waals surface area contributed by atoms with Gasteiger partial charge in [-0.2, -0.15) is 4.39 Å². The topological polar surface area (TPSA) is 104 Å². The van der Waals surface area contributed by atoms with Crippen LogP contribution in [0.5, 0.6) is 11.6 Å². The summed E-state index contributed by atoms with van der Waals surface area (Å²) in [4.78, 5) is 17.2. The van der Waals surface area contributed by atoms with Crippen molar-refractivity contribution in [1.82, 2.24) is 9.97 Å². The van der Waals surface area contributed by atoms with Gasteiger partial charge >= 0.3 is 5.69 Å². The summed E-state index contributed by atoms with van der Waals surface area (Å²) in [5, 5.41) is 10.5. The highest BCUT2D eigenvalue weighted by molar-refractivity contribution is 9.10. The van der Waals surface area contributed by atoms with Gasteiger partial charge in [-0.25, -0.2) is 9.97 Å². The molecule has 2 rings (SSSR count). The number of nitro groups is 1. The normalized spacial score (nSPS) is 10.2. The van der Waals surface area contributed by atoms with E-state index in [1.54, 1.807) is 0 Å². The number of aromatic nitrogens is 2. The minimum absolute atomic E-state index is 0.0573. The van der Waals surface area contributed by atoms with Gasteiger partial charge in [0.2, 0.25) is 11.7 Å². The maximum atomic E-state index is 13.4. The predicted molar refractivity (Wildman–Crippen MR) is 67.3 cm³/mol. The van der Waals surface area contributed by atoms with Gasteiger partial charge in [-0.1, -0.05) is 0 Å². The van der Waals surface area contributed by atoms with Crippen LogP contribution >= 0.6 is 15.9 Å². The minimum Gasteiger partial charge on any atom is -0.438 e. The van der Waals surface area contributed by atoms with Crippen LogP contribution in [-0.4, -0.2) is 14.9 Å². The Bertz CT molecular complexity index is 653. The number of nitrogen functional groups attached to an aromatic ring is 1. The van der Waals surface area contributed by atoms with E-state index < -0.39 is 16.4 Å². The summed E-state index contributed by atoms with van der Waals surface area (Å²) >= 11 is 3.12. The Morgan fingerprint density at radius 1 is 1.42 bits per heavy atom. The van der Waals surface area contributed by atoms with E-state index in [2.05, 4.69) is 25.9 Å². The lowest BCUT2D eigenvalue weighted by Gasteiger charge is -2.07. The number of nitrogens with zero attached hydrogens (tertiary/aromatic N) is 3. The standard InChI is InChI=1S/C10H6BrFN4O3/c11-8-9(13)14-4-15-10(8)19-5-1-2-7(16(17)18)6(12)3-5/h1-4H,(H2,13,14,15). The van der Waals surface area contributed by atoms with E-state index in [0.29, 0.717) is 4.47 Å². The Balaban J connectivity index is 2.32. The molecule has 0 amide bonds. The van der Waals surface area contributed by atoms with E-state index in [1.165, 1.54) is 12.4 Å². The number of nitro benzene ring substituents is 1. The van der Waals surface area contributed by atoms with Crippen molar-refractivity contribution in [1.29, 1.82) is 0 Å². The molecule has 0 unspecified atom stereocenters. The van der Waals surface area contributed by atoms with Crippen LogP contribution in [-0.2, 0) is 0 Å². The zero-order valence-electron chi connectivity index (χ0n) is 9.21. The Morgan fingerprint density at radius 3 is 2.79 bits per heavy atom. The monoisotopic (exact) mass is 328 g/mol. The highest BCUT2D eigenvalue weighted by Gasteiger charge is 2.16. The molecule has 0 saturated heterocycles. The molecule has 0 spiro atoms. The smallest absolute Gasteiger partial charge is 0.305 e. The zero-order valence-corrected chi connectivity index (χ0v) is 10.8. The number of hydrogen-bond donors (Lipinski definition) is 1.